The lowest BCUT2D eigenvalue weighted by molar-refractivity contribution is -0.140. The Morgan fingerprint density at radius 2 is 1.55 bits per heavy atom. The molecule has 42 heavy (non-hydrogen) atoms. The molecule has 0 fully saturated rings. The van der Waals surface area contributed by atoms with E-state index < -0.39 is 66.6 Å². The van der Waals surface area contributed by atoms with Gasteiger partial charge < -0.3 is 48.9 Å². The molecule has 1 aliphatic rings. The van der Waals surface area contributed by atoms with Crippen molar-refractivity contribution in [2.24, 2.45) is 22.2 Å². The topological polar surface area (TPSA) is 304 Å². The van der Waals surface area contributed by atoms with Crippen molar-refractivity contribution in [1.29, 1.82) is 0 Å². The van der Waals surface area contributed by atoms with E-state index in [0.29, 0.717) is 19.4 Å². The van der Waals surface area contributed by atoms with Crippen LogP contribution >= 0.6 is 0 Å². The molecular weight excluding hydrogens is 556 g/mol. The van der Waals surface area contributed by atoms with Gasteiger partial charge in [0.05, 0.1) is 25.7 Å². The van der Waals surface area contributed by atoms with Gasteiger partial charge >= 0.3 is 5.97 Å². The molecule has 1 aliphatic heterocycles. The normalized spacial score (nSPS) is 20.9. The van der Waals surface area contributed by atoms with Crippen molar-refractivity contribution in [1.82, 2.24) is 41.6 Å². The smallest absolute Gasteiger partial charge is 0.305 e. The summed E-state index contributed by atoms with van der Waals surface area (Å²) < 4.78 is 1.19. The Labute approximate surface area is 240 Å². The number of guanidine groups is 1. The zero-order chi connectivity index (χ0) is 31.1. The fourth-order valence-corrected chi connectivity index (χ4v) is 3.91. The summed E-state index contributed by atoms with van der Waals surface area (Å²) >= 11 is 0. The highest BCUT2D eigenvalue weighted by atomic mass is 16.4. The van der Waals surface area contributed by atoms with Crippen LogP contribution in [0.5, 0.6) is 0 Å². The molecule has 0 saturated heterocycles. The predicted octanol–water partition coefficient (Wildman–Crippen LogP) is -4.86. The number of rotatable bonds is 10. The fraction of sp³-hybridized carbons (Fsp3) is 0.609. The quantitative estimate of drug-likeness (QED) is 0.0699. The summed E-state index contributed by atoms with van der Waals surface area (Å²) in [6, 6.07) is -3.62. The van der Waals surface area contributed by atoms with E-state index in [1.54, 1.807) is 0 Å². The molecule has 0 radical (unpaired) electrons. The van der Waals surface area contributed by atoms with Gasteiger partial charge in [-0.15, -0.1) is 5.10 Å². The lowest BCUT2D eigenvalue weighted by Gasteiger charge is -2.23. The van der Waals surface area contributed by atoms with Crippen LogP contribution in [-0.4, -0.2) is 99.3 Å². The van der Waals surface area contributed by atoms with E-state index in [4.69, 9.17) is 17.2 Å². The van der Waals surface area contributed by atoms with E-state index in [1.165, 1.54) is 10.9 Å². The van der Waals surface area contributed by atoms with Gasteiger partial charge in [-0.25, -0.2) is 4.68 Å². The maximum Gasteiger partial charge on any atom is 0.305 e. The fourth-order valence-electron chi connectivity index (χ4n) is 3.91. The number of hydrogen-bond donors (Lipinski definition) is 9. The third-order valence-electron chi connectivity index (χ3n) is 5.97. The first-order chi connectivity index (χ1) is 20.0. The molecule has 0 spiro atoms. The first kappa shape index (κ1) is 33.4. The van der Waals surface area contributed by atoms with Gasteiger partial charge in [0.25, 0.3) is 0 Å². The van der Waals surface area contributed by atoms with Crippen LogP contribution in [0.25, 0.3) is 0 Å². The van der Waals surface area contributed by atoms with Crippen LogP contribution in [0.1, 0.15) is 44.2 Å². The number of aromatic nitrogens is 3. The molecular formula is C23H38N12O7. The third kappa shape index (κ3) is 12.1. The van der Waals surface area contributed by atoms with Crippen LogP contribution < -0.4 is 43.8 Å². The lowest BCUT2D eigenvalue weighted by atomic mass is 10.1. The second kappa shape index (κ2) is 17.1. The molecule has 0 saturated carbocycles. The molecule has 12 N–H and O–H groups in total. The number of carbonyl (C=O) groups excluding carboxylic acids is 5. The molecule has 2 rings (SSSR count). The van der Waals surface area contributed by atoms with Crippen LogP contribution in [0.15, 0.2) is 11.2 Å². The van der Waals surface area contributed by atoms with Crippen molar-refractivity contribution in [3.8, 4) is 0 Å². The van der Waals surface area contributed by atoms with Crippen molar-refractivity contribution in [3.63, 3.8) is 0 Å². The number of unbranched alkanes of at least 4 members (excludes halogenated alkanes) is 1. The predicted molar refractivity (Wildman–Crippen MR) is 146 cm³/mol. The number of nitrogens with zero attached hydrogens (tertiary/aromatic N) is 4. The average Bonchev–Trinajstić information content (AvgIpc) is 3.37. The van der Waals surface area contributed by atoms with Gasteiger partial charge in [0.1, 0.15) is 30.4 Å². The number of nitrogens with one attached hydrogen (secondary N) is 5. The standard InChI is InChI=1S/C23H38N12O7/c24-6-2-1-4-15-22(42)32-14(5-3-7-27-23(25)26)20(40)29-10-17(36)31-16(8-19(38)39)21(41)28-9-13-11-35(34-33-13)12-18(37)30-15/h11,14-16H,1-10,12,24H2,(H,28,41)(H,29,40)(H,30,37)(H,31,36)(H,32,42)(H,38,39)(H4,25,26,27)/t14?,15?,16-/m0/s1. The zero-order valence-corrected chi connectivity index (χ0v) is 23.0. The number of carboxylic acid groups (broad SMARTS) is 1. The third-order valence-corrected chi connectivity index (χ3v) is 5.97. The van der Waals surface area contributed by atoms with Gasteiger partial charge in [0.2, 0.25) is 29.5 Å². The van der Waals surface area contributed by atoms with Crippen molar-refractivity contribution >= 4 is 41.5 Å². The van der Waals surface area contributed by atoms with E-state index in [0.717, 1.165) is 0 Å². The maximum atomic E-state index is 13.2. The first-order valence-corrected chi connectivity index (χ1v) is 13.3. The van der Waals surface area contributed by atoms with Gasteiger partial charge in [0.15, 0.2) is 5.96 Å². The molecule has 0 aromatic carbocycles. The number of carbonyl (C=O) groups is 6. The summed E-state index contributed by atoms with van der Waals surface area (Å²) in [7, 11) is 0. The Kier molecular flexibility index (Phi) is 13.6. The summed E-state index contributed by atoms with van der Waals surface area (Å²) in [5.41, 5.74) is 16.5. The molecule has 2 bridgehead atoms. The van der Waals surface area contributed by atoms with Crippen molar-refractivity contribution in [2.45, 2.75) is 69.7 Å². The van der Waals surface area contributed by atoms with Gasteiger partial charge in [0, 0.05) is 6.54 Å². The number of nitrogens with two attached hydrogens (primary N) is 3. The van der Waals surface area contributed by atoms with E-state index in [9.17, 15) is 33.9 Å². The minimum Gasteiger partial charge on any atom is -0.481 e. The minimum atomic E-state index is -1.46. The van der Waals surface area contributed by atoms with Gasteiger partial charge in [-0.05, 0) is 38.6 Å². The second-order valence-electron chi connectivity index (χ2n) is 9.48. The SMILES string of the molecule is NCCCCC1NC(=O)Cn2cc(nn2)CNC(=O)[C@H](CC(=O)O)NC(=O)CNC(=O)C(CCCN=C(N)N)NC1=O. The Bertz CT molecular complexity index is 1150. The summed E-state index contributed by atoms with van der Waals surface area (Å²) in [5.74, 6) is -5.09. The number of fused-ring (bicyclic) bond motifs is 2. The molecule has 5 amide bonds. The number of hydrogen-bond acceptors (Lipinski definition) is 10. The molecule has 2 heterocycles. The molecule has 2 unspecified atom stereocenters. The van der Waals surface area contributed by atoms with E-state index >= 15 is 0 Å². The zero-order valence-electron chi connectivity index (χ0n) is 23.0. The van der Waals surface area contributed by atoms with E-state index in [1.807, 2.05) is 0 Å². The highest BCUT2D eigenvalue weighted by Gasteiger charge is 2.28. The summed E-state index contributed by atoms with van der Waals surface area (Å²) in [6.45, 7) is -0.555. The highest BCUT2D eigenvalue weighted by Crippen LogP contribution is 2.06. The summed E-state index contributed by atoms with van der Waals surface area (Å²) in [5, 5.41) is 29.2. The Morgan fingerprint density at radius 1 is 0.905 bits per heavy atom. The number of aliphatic carboxylic acids is 1. The molecule has 1 aromatic heterocycles. The van der Waals surface area contributed by atoms with Crippen molar-refractivity contribution in [3.05, 3.63) is 11.9 Å². The number of amides is 5. The Balaban J connectivity index is 2.31. The lowest BCUT2D eigenvalue weighted by Crippen LogP contribution is -2.55. The van der Waals surface area contributed by atoms with Crippen LogP contribution in [0, 0.1) is 0 Å². The van der Waals surface area contributed by atoms with Gasteiger partial charge in [-0.3, -0.25) is 33.8 Å². The van der Waals surface area contributed by atoms with Crippen LogP contribution in [0.4, 0.5) is 0 Å². The average molecular weight is 595 g/mol. The number of carboxylic acids is 1. The van der Waals surface area contributed by atoms with Crippen LogP contribution in [-0.2, 0) is 41.9 Å². The van der Waals surface area contributed by atoms with Crippen molar-refractivity contribution in [2.75, 3.05) is 19.6 Å². The van der Waals surface area contributed by atoms with E-state index in [2.05, 4.69) is 41.9 Å². The minimum absolute atomic E-state index is 0.0746. The molecule has 1 aromatic rings. The van der Waals surface area contributed by atoms with E-state index in [-0.39, 0.29) is 50.6 Å². The maximum absolute atomic E-state index is 13.2. The first-order valence-electron chi connectivity index (χ1n) is 13.3. The van der Waals surface area contributed by atoms with Crippen LogP contribution in [0.3, 0.4) is 0 Å². The molecule has 19 heteroatoms. The number of aliphatic imine (C=N–C) groups is 1. The van der Waals surface area contributed by atoms with Crippen molar-refractivity contribution < 1.29 is 33.9 Å². The Morgan fingerprint density at radius 3 is 2.24 bits per heavy atom. The highest BCUT2D eigenvalue weighted by molar-refractivity contribution is 5.95. The second-order valence-corrected chi connectivity index (χ2v) is 9.48. The van der Waals surface area contributed by atoms with Gasteiger partial charge in [-0.2, -0.15) is 0 Å². The summed E-state index contributed by atoms with van der Waals surface area (Å²) in [6.07, 6.45) is 2.36. The molecule has 232 valence electrons. The molecule has 19 nitrogen and oxygen atoms in total. The van der Waals surface area contributed by atoms with Gasteiger partial charge in [-0.1, -0.05) is 5.21 Å². The largest absolute Gasteiger partial charge is 0.481 e. The molecule has 0 aliphatic carbocycles. The monoisotopic (exact) mass is 594 g/mol. The molecule has 3 atom stereocenters. The summed E-state index contributed by atoms with van der Waals surface area (Å²) in [4.78, 5) is 79.3. The Hall–Kier alpha value is -4.81. The van der Waals surface area contributed by atoms with Crippen LogP contribution in [0.2, 0.25) is 0 Å².